The van der Waals surface area contributed by atoms with Gasteiger partial charge in [-0.3, -0.25) is 0 Å². The number of benzene rings is 2. The minimum absolute atomic E-state index is 0. The Morgan fingerprint density at radius 1 is 1.14 bits per heavy atom. The molecule has 0 saturated heterocycles. The van der Waals surface area contributed by atoms with Gasteiger partial charge in [0.15, 0.2) is 0 Å². The van der Waals surface area contributed by atoms with Crippen molar-refractivity contribution in [2.75, 3.05) is 13.2 Å². The Kier molecular flexibility index (Phi) is 8.46. The standard InChI is InChI=1S/C17H19BrFNO.ClH/c1-2-21-17-8-5-15(18)11-14(17)12-20-10-9-13-3-6-16(19)7-4-13;/h3-8,11,20H,2,9-10,12H2,1H3;1H. The summed E-state index contributed by atoms with van der Waals surface area (Å²) in [6, 6.07) is 12.7. The van der Waals surface area contributed by atoms with Crippen LogP contribution in [0.25, 0.3) is 0 Å². The first kappa shape index (κ1) is 18.9. The quantitative estimate of drug-likeness (QED) is 0.692. The molecule has 5 heteroatoms. The monoisotopic (exact) mass is 387 g/mol. The summed E-state index contributed by atoms with van der Waals surface area (Å²) in [7, 11) is 0. The molecule has 120 valence electrons. The van der Waals surface area contributed by atoms with Gasteiger partial charge in [-0.15, -0.1) is 12.4 Å². The van der Waals surface area contributed by atoms with Crippen molar-refractivity contribution >= 4 is 28.3 Å². The van der Waals surface area contributed by atoms with Crippen LogP contribution in [0.4, 0.5) is 4.39 Å². The molecule has 0 saturated carbocycles. The highest BCUT2D eigenvalue weighted by Gasteiger charge is 2.04. The van der Waals surface area contributed by atoms with E-state index in [-0.39, 0.29) is 18.2 Å². The second kappa shape index (κ2) is 9.82. The smallest absolute Gasteiger partial charge is 0.123 e. The number of rotatable bonds is 7. The van der Waals surface area contributed by atoms with Crippen molar-refractivity contribution in [3.63, 3.8) is 0 Å². The van der Waals surface area contributed by atoms with Crippen LogP contribution >= 0.6 is 28.3 Å². The Bertz CT molecular complexity index is 577. The predicted octanol–water partition coefficient (Wildman–Crippen LogP) is 4.74. The molecule has 0 fully saturated rings. The van der Waals surface area contributed by atoms with Gasteiger partial charge in [-0.2, -0.15) is 0 Å². The number of hydrogen-bond acceptors (Lipinski definition) is 2. The zero-order valence-corrected chi connectivity index (χ0v) is 14.8. The Hall–Kier alpha value is -1.10. The lowest BCUT2D eigenvalue weighted by molar-refractivity contribution is 0.335. The van der Waals surface area contributed by atoms with E-state index in [4.69, 9.17) is 4.74 Å². The van der Waals surface area contributed by atoms with Crippen LogP contribution in [0.15, 0.2) is 46.9 Å². The summed E-state index contributed by atoms with van der Waals surface area (Å²) < 4.78 is 19.5. The summed E-state index contributed by atoms with van der Waals surface area (Å²) in [6.07, 6.45) is 0.873. The van der Waals surface area contributed by atoms with Crippen molar-refractivity contribution in [3.8, 4) is 5.75 Å². The van der Waals surface area contributed by atoms with Crippen molar-refractivity contribution in [3.05, 3.63) is 63.9 Å². The van der Waals surface area contributed by atoms with Gasteiger partial charge in [0, 0.05) is 16.6 Å². The third-order valence-corrected chi connectivity index (χ3v) is 3.63. The first-order valence-electron chi connectivity index (χ1n) is 7.05. The average Bonchev–Trinajstić information content (AvgIpc) is 2.48. The molecule has 0 unspecified atom stereocenters. The van der Waals surface area contributed by atoms with Crippen LogP contribution in [0, 0.1) is 5.82 Å². The van der Waals surface area contributed by atoms with E-state index in [1.165, 1.54) is 12.1 Å². The third kappa shape index (κ3) is 5.95. The van der Waals surface area contributed by atoms with Gasteiger partial charge in [0.2, 0.25) is 0 Å². The Morgan fingerprint density at radius 2 is 1.86 bits per heavy atom. The summed E-state index contributed by atoms with van der Waals surface area (Å²) in [5.41, 5.74) is 2.26. The van der Waals surface area contributed by atoms with Crippen molar-refractivity contribution in [1.29, 1.82) is 0 Å². The van der Waals surface area contributed by atoms with Crippen LogP contribution in [0.2, 0.25) is 0 Å². The minimum atomic E-state index is -0.192. The molecular weight excluding hydrogens is 369 g/mol. The molecule has 0 radical (unpaired) electrons. The maximum absolute atomic E-state index is 12.8. The molecule has 0 aromatic heterocycles. The van der Waals surface area contributed by atoms with Crippen molar-refractivity contribution in [2.45, 2.75) is 19.9 Å². The predicted molar refractivity (Wildman–Crippen MR) is 94.4 cm³/mol. The summed E-state index contributed by atoms with van der Waals surface area (Å²) >= 11 is 3.48. The summed E-state index contributed by atoms with van der Waals surface area (Å²) in [5.74, 6) is 0.720. The van der Waals surface area contributed by atoms with Gasteiger partial charge in [0.05, 0.1) is 6.61 Å². The fourth-order valence-electron chi connectivity index (χ4n) is 2.09. The second-order valence-corrected chi connectivity index (χ2v) is 5.65. The van der Waals surface area contributed by atoms with Gasteiger partial charge in [0.1, 0.15) is 11.6 Å². The molecule has 0 aliphatic carbocycles. The molecule has 2 aromatic rings. The SMILES string of the molecule is CCOc1ccc(Br)cc1CNCCc1ccc(F)cc1.Cl. The summed E-state index contributed by atoms with van der Waals surface area (Å²) in [6.45, 7) is 4.22. The van der Waals surface area contributed by atoms with E-state index in [2.05, 4.69) is 27.3 Å². The number of nitrogens with one attached hydrogen (secondary N) is 1. The van der Waals surface area contributed by atoms with E-state index in [9.17, 15) is 4.39 Å². The molecule has 2 aromatic carbocycles. The van der Waals surface area contributed by atoms with E-state index in [0.29, 0.717) is 6.61 Å². The van der Waals surface area contributed by atoms with E-state index < -0.39 is 0 Å². The molecule has 22 heavy (non-hydrogen) atoms. The summed E-state index contributed by atoms with van der Waals surface area (Å²) in [5, 5.41) is 3.40. The lowest BCUT2D eigenvalue weighted by Crippen LogP contribution is -2.17. The highest BCUT2D eigenvalue weighted by atomic mass is 79.9. The average molecular weight is 389 g/mol. The molecule has 1 N–H and O–H groups in total. The van der Waals surface area contributed by atoms with Crippen molar-refractivity contribution in [2.24, 2.45) is 0 Å². The van der Waals surface area contributed by atoms with Gasteiger partial charge in [0.25, 0.3) is 0 Å². The molecule has 0 aliphatic rings. The van der Waals surface area contributed by atoms with E-state index in [0.717, 1.165) is 40.9 Å². The van der Waals surface area contributed by atoms with Crippen LogP contribution in [-0.2, 0) is 13.0 Å². The van der Waals surface area contributed by atoms with Crippen LogP contribution in [0.1, 0.15) is 18.1 Å². The largest absolute Gasteiger partial charge is 0.494 e. The molecular formula is C17H20BrClFNO. The lowest BCUT2D eigenvalue weighted by Gasteiger charge is -2.11. The third-order valence-electron chi connectivity index (χ3n) is 3.14. The molecule has 2 rings (SSSR count). The van der Waals surface area contributed by atoms with Crippen molar-refractivity contribution < 1.29 is 9.13 Å². The van der Waals surface area contributed by atoms with E-state index in [1.54, 1.807) is 0 Å². The second-order valence-electron chi connectivity index (χ2n) is 4.74. The normalized spacial score (nSPS) is 10.1. The van der Waals surface area contributed by atoms with Gasteiger partial charge < -0.3 is 10.1 Å². The summed E-state index contributed by atoms with van der Waals surface area (Å²) in [4.78, 5) is 0. The van der Waals surface area contributed by atoms with Crippen molar-refractivity contribution in [1.82, 2.24) is 5.32 Å². The Labute approximate surface area is 145 Å². The zero-order chi connectivity index (χ0) is 15.1. The van der Waals surface area contributed by atoms with Gasteiger partial charge in [-0.1, -0.05) is 28.1 Å². The number of halogens is 3. The zero-order valence-electron chi connectivity index (χ0n) is 12.4. The van der Waals surface area contributed by atoms with Gasteiger partial charge >= 0.3 is 0 Å². The minimum Gasteiger partial charge on any atom is -0.494 e. The maximum atomic E-state index is 12.8. The van der Waals surface area contributed by atoms with Crippen LogP contribution < -0.4 is 10.1 Å². The molecule has 2 nitrogen and oxygen atoms in total. The van der Waals surface area contributed by atoms with Crippen LogP contribution in [-0.4, -0.2) is 13.2 Å². The van der Waals surface area contributed by atoms with Gasteiger partial charge in [-0.05, 0) is 55.8 Å². The van der Waals surface area contributed by atoms with E-state index >= 15 is 0 Å². The highest BCUT2D eigenvalue weighted by Crippen LogP contribution is 2.23. The Balaban J connectivity index is 0.00000242. The molecule has 0 atom stereocenters. The molecule has 0 heterocycles. The van der Waals surface area contributed by atoms with Gasteiger partial charge in [-0.25, -0.2) is 4.39 Å². The van der Waals surface area contributed by atoms with Crippen LogP contribution in [0.5, 0.6) is 5.75 Å². The fraction of sp³-hybridized carbons (Fsp3) is 0.294. The Morgan fingerprint density at radius 3 is 2.55 bits per heavy atom. The molecule has 0 aliphatic heterocycles. The molecule has 0 bridgehead atoms. The first-order chi connectivity index (χ1) is 10.2. The highest BCUT2D eigenvalue weighted by molar-refractivity contribution is 9.10. The maximum Gasteiger partial charge on any atom is 0.123 e. The number of ether oxygens (including phenoxy) is 1. The fourth-order valence-corrected chi connectivity index (χ4v) is 2.50. The van der Waals surface area contributed by atoms with E-state index in [1.807, 2.05) is 31.2 Å². The number of hydrogen-bond donors (Lipinski definition) is 1. The molecule has 0 amide bonds. The first-order valence-corrected chi connectivity index (χ1v) is 7.84. The molecule has 0 spiro atoms. The topological polar surface area (TPSA) is 21.3 Å². The lowest BCUT2D eigenvalue weighted by atomic mass is 10.1. The van der Waals surface area contributed by atoms with Crippen LogP contribution in [0.3, 0.4) is 0 Å².